The van der Waals surface area contributed by atoms with Crippen LogP contribution in [0.2, 0.25) is 10.0 Å². The van der Waals surface area contributed by atoms with Crippen LogP contribution in [0.15, 0.2) is 36.7 Å². The SMILES string of the molecule is O=C(c1cc(Cl)ccc1Cl)N1CCCC(Oc2ncccn2)C1. The number of amides is 1. The summed E-state index contributed by atoms with van der Waals surface area (Å²) in [5.74, 6) is -0.139. The van der Waals surface area contributed by atoms with E-state index >= 15 is 0 Å². The van der Waals surface area contributed by atoms with Crippen molar-refractivity contribution in [2.45, 2.75) is 18.9 Å². The molecule has 1 aliphatic heterocycles. The molecule has 1 fully saturated rings. The van der Waals surface area contributed by atoms with Gasteiger partial charge in [0.25, 0.3) is 5.91 Å². The molecule has 5 nitrogen and oxygen atoms in total. The van der Waals surface area contributed by atoms with Crippen LogP contribution in [0.4, 0.5) is 0 Å². The second kappa shape index (κ2) is 7.15. The molecule has 23 heavy (non-hydrogen) atoms. The lowest BCUT2D eigenvalue weighted by Gasteiger charge is -2.32. The Morgan fingerprint density at radius 1 is 1.26 bits per heavy atom. The number of likely N-dealkylation sites (tertiary alicyclic amines) is 1. The Morgan fingerprint density at radius 3 is 2.83 bits per heavy atom. The Hall–Kier alpha value is -1.85. The number of hydrogen-bond acceptors (Lipinski definition) is 4. The first-order valence-electron chi connectivity index (χ1n) is 7.31. The second-order valence-electron chi connectivity index (χ2n) is 5.29. The molecule has 3 rings (SSSR count). The van der Waals surface area contributed by atoms with Gasteiger partial charge in [-0.3, -0.25) is 4.79 Å². The average molecular weight is 352 g/mol. The summed E-state index contributed by atoms with van der Waals surface area (Å²) in [6.45, 7) is 1.14. The van der Waals surface area contributed by atoms with Crippen LogP contribution >= 0.6 is 23.2 Å². The van der Waals surface area contributed by atoms with Crippen molar-refractivity contribution in [3.63, 3.8) is 0 Å². The van der Waals surface area contributed by atoms with E-state index < -0.39 is 0 Å². The number of halogens is 2. The van der Waals surface area contributed by atoms with Gasteiger partial charge >= 0.3 is 6.01 Å². The largest absolute Gasteiger partial charge is 0.458 e. The van der Waals surface area contributed by atoms with Gasteiger partial charge < -0.3 is 9.64 Å². The van der Waals surface area contributed by atoms with Crippen LogP contribution < -0.4 is 4.74 Å². The zero-order valence-corrected chi connectivity index (χ0v) is 13.8. The molecule has 1 unspecified atom stereocenters. The van der Waals surface area contributed by atoms with Gasteiger partial charge in [-0.1, -0.05) is 23.2 Å². The predicted molar refractivity (Wildman–Crippen MR) is 88.0 cm³/mol. The first-order valence-corrected chi connectivity index (χ1v) is 8.07. The van der Waals surface area contributed by atoms with Gasteiger partial charge in [0.05, 0.1) is 17.1 Å². The van der Waals surface area contributed by atoms with Crippen LogP contribution in [0.1, 0.15) is 23.2 Å². The van der Waals surface area contributed by atoms with Gasteiger partial charge in [0.15, 0.2) is 0 Å². The van der Waals surface area contributed by atoms with E-state index in [9.17, 15) is 4.79 Å². The number of carbonyl (C=O) groups excluding carboxylic acids is 1. The molecule has 2 heterocycles. The summed E-state index contributed by atoms with van der Waals surface area (Å²) in [5, 5.41) is 0.883. The number of nitrogens with zero attached hydrogens (tertiary/aromatic N) is 3. The molecular weight excluding hydrogens is 337 g/mol. The van der Waals surface area contributed by atoms with Crippen LogP contribution in [-0.4, -0.2) is 40.0 Å². The van der Waals surface area contributed by atoms with Gasteiger partial charge in [-0.15, -0.1) is 0 Å². The minimum absolute atomic E-state index is 0.131. The first-order chi connectivity index (χ1) is 11.1. The van der Waals surface area contributed by atoms with Crippen molar-refractivity contribution in [1.29, 1.82) is 0 Å². The van der Waals surface area contributed by atoms with E-state index in [1.807, 2.05) is 0 Å². The van der Waals surface area contributed by atoms with Gasteiger partial charge in [0.2, 0.25) is 0 Å². The molecule has 1 aliphatic rings. The third kappa shape index (κ3) is 3.92. The van der Waals surface area contributed by atoms with E-state index in [-0.39, 0.29) is 12.0 Å². The third-order valence-corrected chi connectivity index (χ3v) is 4.20. The zero-order chi connectivity index (χ0) is 16.2. The highest BCUT2D eigenvalue weighted by Crippen LogP contribution is 2.24. The molecule has 0 saturated carbocycles. The molecule has 0 spiro atoms. The molecule has 0 radical (unpaired) electrons. The first kappa shape index (κ1) is 16.0. The van der Waals surface area contributed by atoms with Crippen molar-refractivity contribution in [3.8, 4) is 6.01 Å². The van der Waals surface area contributed by atoms with Crippen LogP contribution in [0.5, 0.6) is 6.01 Å². The molecule has 1 amide bonds. The summed E-state index contributed by atoms with van der Waals surface area (Å²) in [4.78, 5) is 22.5. The monoisotopic (exact) mass is 351 g/mol. The van der Waals surface area contributed by atoms with Crippen molar-refractivity contribution in [2.75, 3.05) is 13.1 Å². The van der Waals surface area contributed by atoms with Gasteiger partial charge in [0, 0.05) is 24.0 Å². The molecule has 0 aliphatic carbocycles. The molecule has 1 atom stereocenters. The van der Waals surface area contributed by atoms with Gasteiger partial charge in [-0.05, 0) is 37.1 Å². The fraction of sp³-hybridized carbons (Fsp3) is 0.312. The van der Waals surface area contributed by atoms with E-state index in [1.165, 1.54) is 0 Å². The number of benzene rings is 1. The summed E-state index contributed by atoms with van der Waals surface area (Å²) < 4.78 is 5.75. The summed E-state index contributed by atoms with van der Waals surface area (Å²) in [6.07, 6.45) is 4.82. The quantitative estimate of drug-likeness (QED) is 0.849. The molecule has 0 bridgehead atoms. The van der Waals surface area contributed by atoms with Crippen LogP contribution in [0.3, 0.4) is 0 Å². The van der Waals surface area contributed by atoms with E-state index in [0.717, 1.165) is 12.8 Å². The second-order valence-corrected chi connectivity index (χ2v) is 6.13. The van der Waals surface area contributed by atoms with Crippen LogP contribution in [-0.2, 0) is 0 Å². The Balaban J connectivity index is 1.70. The molecule has 7 heteroatoms. The highest BCUT2D eigenvalue weighted by Gasteiger charge is 2.27. The third-order valence-electron chi connectivity index (χ3n) is 3.64. The molecule has 2 aromatic rings. The average Bonchev–Trinajstić information content (AvgIpc) is 2.57. The predicted octanol–water partition coefficient (Wildman–Crippen LogP) is 3.47. The molecule has 0 N–H and O–H groups in total. The normalized spacial score (nSPS) is 17.8. The van der Waals surface area contributed by atoms with E-state index in [1.54, 1.807) is 41.6 Å². The lowest BCUT2D eigenvalue weighted by atomic mass is 10.1. The van der Waals surface area contributed by atoms with E-state index in [0.29, 0.717) is 34.7 Å². The maximum absolute atomic E-state index is 12.7. The van der Waals surface area contributed by atoms with E-state index in [2.05, 4.69) is 9.97 Å². The molecule has 1 aromatic heterocycles. The topological polar surface area (TPSA) is 55.3 Å². The maximum Gasteiger partial charge on any atom is 0.316 e. The lowest BCUT2D eigenvalue weighted by Crippen LogP contribution is -2.44. The van der Waals surface area contributed by atoms with Gasteiger partial charge in [0.1, 0.15) is 6.10 Å². The Morgan fingerprint density at radius 2 is 2.04 bits per heavy atom. The van der Waals surface area contributed by atoms with Crippen molar-refractivity contribution >= 4 is 29.1 Å². The molecule has 1 saturated heterocycles. The Kier molecular flexibility index (Phi) is 4.98. The summed E-state index contributed by atoms with van der Waals surface area (Å²) >= 11 is 12.1. The number of hydrogen-bond donors (Lipinski definition) is 0. The van der Waals surface area contributed by atoms with Gasteiger partial charge in [-0.25, -0.2) is 9.97 Å². The highest BCUT2D eigenvalue weighted by molar-refractivity contribution is 6.35. The van der Waals surface area contributed by atoms with E-state index in [4.69, 9.17) is 27.9 Å². The van der Waals surface area contributed by atoms with Gasteiger partial charge in [-0.2, -0.15) is 0 Å². The van der Waals surface area contributed by atoms with Crippen molar-refractivity contribution < 1.29 is 9.53 Å². The number of ether oxygens (including phenoxy) is 1. The summed E-state index contributed by atoms with van der Waals surface area (Å²) in [5.41, 5.74) is 0.413. The summed E-state index contributed by atoms with van der Waals surface area (Å²) in [7, 11) is 0. The van der Waals surface area contributed by atoms with Crippen LogP contribution in [0.25, 0.3) is 0 Å². The zero-order valence-electron chi connectivity index (χ0n) is 12.3. The molecule has 120 valence electrons. The minimum atomic E-state index is -0.139. The molecule has 1 aromatic carbocycles. The van der Waals surface area contributed by atoms with Crippen molar-refractivity contribution in [2.24, 2.45) is 0 Å². The Labute approximate surface area is 144 Å². The smallest absolute Gasteiger partial charge is 0.316 e. The maximum atomic E-state index is 12.7. The Bertz CT molecular complexity index is 697. The number of aromatic nitrogens is 2. The summed E-state index contributed by atoms with van der Waals surface area (Å²) in [6, 6.07) is 6.94. The number of carbonyl (C=O) groups is 1. The fourth-order valence-electron chi connectivity index (χ4n) is 2.55. The number of rotatable bonds is 3. The lowest BCUT2D eigenvalue weighted by molar-refractivity contribution is 0.0516. The van der Waals surface area contributed by atoms with Crippen LogP contribution in [0, 0.1) is 0 Å². The molecular formula is C16H15Cl2N3O2. The van der Waals surface area contributed by atoms with Crippen molar-refractivity contribution in [1.82, 2.24) is 14.9 Å². The minimum Gasteiger partial charge on any atom is -0.458 e. The highest BCUT2D eigenvalue weighted by atomic mass is 35.5. The standard InChI is InChI=1S/C16H15Cl2N3O2/c17-11-4-5-14(18)13(9-11)15(22)21-8-1-3-12(10-21)23-16-19-6-2-7-20-16/h2,4-7,9,12H,1,3,8,10H2. The number of piperidine rings is 1. The fourth-order valence-corrected chi connectivity index (χ4v) is 2.92. The van der Waals surface area contributed by atoms with Crippen molar-refractivity contribution in [3.05, 3.63) is 52.3 Å².